The lowest BCUT2D eigenvalue weighted by molar-refractivity contribution is 0.393. The van der Waals surface area contributed by atoms with Gasteiger partial charge in [0.15, 0.2) is 4.77 Å². The third kappa shape index (κ3) is 2.99. The summed E-state index contributed by atoms with van der Waals surface area (Å²) in [6.45, 7) is 1.09. The van der Waals surface area contributed by atoms with Crippen LogP contribution in [0.3, 0.4) is 0 Å². The van der Waals surface area contributed by atoms with Gasteiger partial charge in [-0.15, -0.1) is 0 Å². The SMILES string of the molecule is O=c1[nH]c(=S)n(Cc2ccccc2)c(O)c1C1NCCc2c1[nH]c1ccccc21. The number of aromatic nitrogens is 3. The topological polar surface area (TPSA) is 85.8 Å². The summed E-state index contributed by atoms with van der Waals surface area (Å²) in [6.07, 6.45) is 0.859. The first-order valence-corrected chi connectivity index (χ1v) is 9.97. The van der Waals surface area contributed by atoms with Crippen molar-refractivity contribution in [2.45, 2.75) is 19.0 Å². The van der Waals surface area contributed by atoms with E-state index in [4.69, 9.17) is 12.2 Å². The molecule has 0 aliphatic carbocycles. The van der Waals surface area contributed by atoms with Crippen LogP contribution in [0.1, 0.15) is 28.4 Å². The van der Waals surface area contributed by atoms with Crippen molar-refractivity contribution in [3.63, 3.8) is 0 Å². The van der Waals surface area contributed by atoms with Crippen LogP contribution in [0.2, 0.25) is 0 Å². The lowest BCUT2D eigenvalue weighted by Crippen LogP contribution is -2.35. The second-order valence-corrected chi connectivity index (χ2v) is 7.65. The van der Waals surface area contributed by atoms with Gasteiger partial charge in [-0.25, -0.2) is 0 Å². The van der Waals surface area contributed by atoms with Crippen molar-refractivity contribution in [1.82, 2.24) is 19.9 Å². The predicted octanol–water partition coefficient (Wildman–Crippen LogP) is 3.38. The number of benzene rings is 2. The molecule has 0 radical (unpaired) electrons. The van der Waals surface area contributed by atoms with Gasteiger partial charge in [-0.1, -0.05) is 48.5 Å². The van der Waals surface area contributed by atoms with E-state index >= 15 is 0 Å². The summed E-state index contributed by atoms with van der Waals surface area (Å²) < 4.78 is 1.77. The summed E-state index contributed by atoms with van der Waals surface area (Å²) >= 11 is 5.34. The van der Waals surface area contributed by atoms with Crippen LogP contribution in [-0.4, -0.2) is 26.2 Å². The van der Waals surface area contributed by atoms with E-state index in [0.29, 0.717) is 13.1 Å². The van der Waals surface area contributed by atoms with Crippen LogP contribution in [0.25, 0.3) is 10.9 Å². The van der Waals surface area contributed by atoms with Gasteiger partial charge in [0.05, 0.1) is 12.6 Å². The molecule has 0 saturated carbocycles. The molecular weight excluding hydrogens is 384 g/mol. The zero-order valence-electron chi connectivity index (χ0n) is 15.6. The van der Waals surface area contributed by atoms with Crippen LogP contribution in [0.15, 0.2) is 59.4 Å². The van der Waals surface area contributed by atoms with Gasteiger partial charge in [0.1, 0.15) is 5.56 Å². The highest BCUT2D eigenvalue weighted by molar-refractivity contribution is 7.71. The largest absolute Gasteiger partial charge is 0.494 e. The van der Waals surface area contributed by atoms with Gasteiger partial charge < -0.3 is 15.4 Å². The van der Waals surface area contributed by atoms with Crippen molar-refractivity contribution in [2.24, 2.45) is 0 Å². The molecule has 146 valence electrons. The van der Waals surface area contributed by atoms with Gasteiger partial charge in [0.2, 0.25) is 5.88 Å². The van der Waals surface area contributed by atoms with E-state index in [2.05, 4.69) is 21.4 Å². The molecule has 2 aromatic carbocycles. The number of aromatic hydroxyl groups is 1. The van der Waals surface area contributed by atoms with Crippen molar-refractivity contribution in [1.29, 1.82) is 0 Å². The highest BCUT2D eigenvalue weighted by Gasteiger charge is 2.30. The molecular formula is C22H20N4O2S. The number of nitrogens with zero attached hydrogens (tertiary/aromatic N) is 1. The fourth-order valence-corrected chi connectivity index (χ4v) is 4.42. The Morgan fingerprint density at radius 1 is 1.07 bits per heavy atom. The van der Waals surface area contributed by atoms with E-state index in [1.165, 1.54) is 5.56 Å². The Balaban J connectivity index is 1.67. The lowest BCUT2D eigenvalue weighted by atomic mass is 9.95. The first-order chi connectivity index (χ1) is 14.1. The van der Waals surface area contributed by atoms with Gasteiger partial charge in [-0.2, -0.15) is 0 Å². The van der Waals surface area contributed by atoms with E-state index in [1.54, 1.807) is 4.57 Å². The molecule has 5 rings (SSSR count). The summed E-state index contributed by atoms with van der Waals surface area (Å²) in [4.78, 5) is 19.0. The molecule has 1 unspecified atom stereocenters. The number of fused-ring (bicyclic) bond motifs is 3. The Morgan fingerprint density at radius 3 is 2.66 bits per heavy atom. The average molecular weight is 404 g/mol. The Hall–Kier alpha value is -3.16. The molecule has 1 aliphatic rings. The Morgan fingerprint density at radius 2 is 1.83 bits per heavy atom. The maximum atomic E-state index is 12.8. The second kappa shape index (κ2) is 7.02. The van der Waals surface area contributed by atoms with E-state index in [9.17, 15) is 9.90 Å². The normalized spacial score (nSPS) is 16.1. The molecule has 0 bridgehead atoms. The van der Waals surface area contributed by atoms with Crippen molar-refractivity contribution >= 4 is 23.1 Å². The predicted molar refractivity (Wildman–Crippen MR) is 115 cm³/mol. The summed E-state index contributed by atoms with van der Waals surface area (Å²) in [5, 5.41) is 15.6. The zero-order chi connectivity index (χ0) is 20.0. The maximum absolute atomic E-state index is 12.8. The minimum atomic E-state index is -0.437. The van der Waals surface area contributed by atoms with Gasteiger partial charge in [-0.3, -0.25) is 14.3 Å². The Kier molecular flexibility index (Phi) is 4.34. The number of aromatic amines is 2. The minimum Gasteiger partial charge on any atom is -0.494 e. The van der Waals surface area contributed by atoms with Crippen LogP contribution in [-0.2, 0) is 13.0 Å². The summed E-state index contributed by atoms with van der Waals surface area (Å²) in [5.41, 5.74) is 4.02. The molecule has 4 aromatic rings. The van der Waals surface area contributed by atoms with E-state index in [1.807, 2.05) is 48.5 Å². The standard InChI is InChI=1S/C22H20N4O2S/c27-20-17(21(28)26(22(29)25-20)12-13-6-2-1-3-7-13)19-18-15(10-11-23-19)14-8-4-5-9-16(14)24-18/h1-9,19,23-24,28H,10-12H2,(H,25,27,29). The fraction of sp³-hybridized carbons (Fsp3) is 0.182. The molecule has 3 heterocycles. The Bertz CT molecular complexity index is 1320. The average Bonchev–Trinajstić information content (AvgIpc) is 3.11. The van der Waals surface area contributed by atoms with Crippen LogP contribution in [0.5, 0.6) is 5.88 Å². The van der Waals surface area contributed by atoms with Gasteiger partial charge in [0.25, 0.3) is 5.56 Å². The third-order valence-corrected chi connectivity index (χ3v) is 5.86. The van der Waals surface area contributed by atoms with Gasteiger partial charge in [0, 0.05) is 23.1 Å². The number of hydrogen-bond acceptors (Lipinski definition) is 4. The number of H-pyrrole nitrogens is 2. The minimum absolute atomic E-state index is 0.105. The summed E-state index contributed by atoms with van der Waals surface area (Å²) in [5.74, 6) is -0.105. The second-order valence-electron chi connectivity index (χ2n) is 7.27. The first-order valence-electron chi connectivity index (χ1n) is 9.56. The van der Waals surface area contributed by atoms with Crippen LogP contribution in [0, 0.1) is 4.77 Å². The van der Waals surface area contributed by atoms with E-state index in [-0.39, 0.29) is 21.8 Å². The molecule has 2 aromatic heterocycles. The van der Waals surface area contributed by atoms with E-state index < -0.39 is 6.04 Å². The Labute approximate surface area is 171 Å². The number of rotatable bonds is 3. The van der Waals surface area contributed by atoms with Crippen LogP contribution in [0.4, 0.5) is 0 Å². The highest BCUT2D eigenvalue weighted by Crippen LogP contribution is 2.35. The summed E-state index contributed by atoms with van der Waals surface area (Å²) in [7, 11) is 0. The maximum Gasteiger partial charge on any atom is 0.260 e. The van der Waals surface area contributed by atoms with E-state index in [0.717, 1.165) is 28.6 Å². The smallest absolute Gasteiger partial charge is 0.260 e. The fourth-order valence-electron chi connectivity index (χ4n) is 4.17. The molecule has 0 fully saturated rings. The quantitative estimate of drug-likeness (QED) is 0.395. The van der Waals surface area contributed by atoms with Crippen molar-refractivity contribution < 1.29 is 5.11 Å². The highest BCUT2D eigenvalue weighted by atomic mass is 32.1. The van der Waals surface area contributed by atoms with Gasteiger partial charge in [-0.05, 0) is 35.8 Å². The summed E-state index contributed by atoms with van der Waals surface area (Å²) in [6, 6.07) is 17.4. The molecule has 0 spiro atoms. The molecule has 6 nitrogen and oxygen atoms in total. The molecule has 29 heavy (non-hydrogen) atoms. The first kappa shape index (κ1) is 17.9. The number of nitrogens with one attached hydrogen (secondary N) is 3. The molecule has 7 heteroatoms. The lowest BCUT2D eigenvalue weighted by Gasteiger charge is -2.25. The van der Waals surface area contributed by atoms with Crippen molar-refractivity contribution in [2.75, 3.05) is 6.54 Å². The number of hydrogen-bond donors (Lipinski definition) is 4. The monoisotopic (exact) mass is 404 g/mol. The number of para-hydroxylation sites is 1. The van der Waals surface area contributed by atoms with Crippen LogP contribution >= 0.6 is 12.2 Å². The van der Waals surface area contributed by atoms with Gasteiger partial charge >= 0.3 is 0 Å². The zero-order valence-corrected chi connectivity index (χ0v) is 16.4. The van der Waals surface area contributed by atoms with Crippen LogP contribution < -0.4 is 10.9 Å². The third-order valence-electron chi connectivity index (χ3n) is 5.54. The molecule has 0 saturated heterocycles. The van der Waals surface area contributed by atoms with Crippen molar-refractivity contribution in [3.8, 4) is 5.88 Å². The molecule has 4 N–H and O–H groups in total. The van der Waals surface area contributed by atoms with Crippen molar-refractivity contribution in [3.05, 3.63) is 92.1 Å². The molecule has 0 amide bonds. The molecule has 1 atom stereocenters. The molecule has 1 aliphatic heterocycles.